The Labute approximate surface area is 83.4 Å². The highest BCUT2D eigenvalue weighted by Crippen LogP contribution is 2.13. The summed E-state index contributed by atoms with van der Waals surface area (Å²) in [7, 11) is 0. The van der Waals surface area contributed by atoms with E-state index in [2.05, 4.69) is 5.32 Å². The van der Waals surface area contributed by atoms with Gasteiger partial charge in [0.15, 0.2) is 0 Å². The molecule has 1 amide bonds. The van der Waals surface area contributed by atoms with Crippen LogP contribution < -0.4 is 5.32 Å². The summed E-state index contributed by atoms with van der Waals surface area (Å²) in [6.07, 6.45) is 1.29. The van der Waals surface area contributed by atoms with E-state index >= 15 is 0 Å². The molecule has 0 bridgehead atoms. The van der Waals surface area contributed by atoms with E-state index in [1.165, 1.54) is 0 Å². The molecule has 3 nitrogen and oxygen atoms in total. The van der Waals surface area contributed by atoms with Crippen LogP contribution in [-0.2, 0) is 4.79 Å². The van der Waals surface area contributed by atoms with Crippen molar-refractivity contribution in [1.82, 2.24) is 0 Å². The average molecular weight is 188 g/mol. The molecular weight excluding hydrogens is 176 g/mol. The lowest BCUT2D eigenvalue weighted by molar-refractivity contribution is -0.116. The molecule has 1 N–H and O–H groups in total. The molecule has 0 aliphatic carbocycles. The molecule has 0 aromatic heterocycles. The summed E-state index contributed by atoms with van der Waals surface area (Å²) in [5, 5.41) is 11.5. The topological polar surface area (TPSA) is 52.9 Å². The summed E-state index contributed by atoms with van der Waals surface area (Å²) < 4.78 is 0. The van der Waals surface area contributed by atoms with Crippen LogP contribution in [0, 0.1) is 11.3 Å². The zero-order valence-electron chi connectivity index (χ0n) is 8.08. The average Bonchev–Trinajstić information content (AvgIpc) is 2.19. The van der Waals surface area contributed by atoms with Gasteiger partial charge in [0.05, 0.1) is 11.3 Å². The maximum atomic E-state index is 11.3. The lowest BCUT2D eigenvalue weighted by Gasteiger charge is -2.05. The maximum Gasteiger partial charge on any atom is 0.224 e. The van der Waals surface area contributed by atoms with Crippen LogP contribution in [0.4, 0.5) is 5.69 Å². The molecule has 0 unspecified atom stereocenters. The van der Waals surface area contributed by atoms with E-state index in [1.54, 1.807) is 24.3 Å². The van der Waals surface area contributed by atoms with E-state index in [0.717, 1.165) is 6.42 Å². The van der Waals surface area contributed by atoms with Crippen molar-refractivity contribution in [2.45, 2.75) is 19.8 Å². The van der Waals surface area contributed by atoms with Gasteiger partial charge in [0.1, 0.15) is 6.07 Å². The Morgan fingerprint density at radius 3 is 2.86 bits per heavy atom. The van der Waals surface area contributed by atoms with Crippen molar-refractivity contribution < 1.29 is 4.79 Å². The Balaban J connectivity index is 2.77. The molecule has 72 valence electrons. The minimum Gasteiger partial charge on any atom is -0.325 e. The van der Waals surface area contributed by atoms with E-state index in [0.29, 0.717) is 17.7 Å². The van der Waals surface area contributed by atoms with Gasteiger partial charge in [-0.1, -0.05) is 19.1 Å². The number of nitriles is 1. The Morgan fingerprint density at radius 2 is 2.21 bits per heavy atom. The molecule has 0 aliphatic heterocycles. The largest absolute Gasteiger partial charge is 0.325 e. The maximum absolute atomic E-state index is 11.3. The smallest absolute Gasteiger partial charge is 0.224 e. The minimum absolute atomic E-state index is 0.0461. The normalized spacial score (nSPS) is 9.14. The summed E-state index contributed by atoms with van der Waals surface area (Å²) in [4.78, 5) is 11.3. The summed E-state index contributed by atoms with van der Waals surface area (Å²) in [6.45, 7) is 1.94. The SMILES string of the molecule is CCCC(=O)Nc1ccccc1C#N. The first kappa shape index (κ1) is 10.3. The molecule has 14 heavy (non-hydrogen) atoms. The second-order valence-electron chi connectivity index (χ2n) is 2.96. The number of hydrogen-bond acceptors (Lipinski definition) is 2. The molecule has 1 rings (SSSR count). The van der Waals surface area contributed by atoms with Crippen LogP contribution in [0.1, 0.15) is 25.3 Å². The van der Waals surface area contributed by atoms with Gasteiger partial charge in [-0.25, -0.2) is 0 Å². The van der Waals surface area contributed by atoms with Crippen LogP contribution in [0.15, 0.2) is 24.3 Å². The number of amides is 1. The molecule has 1 aromatic rings. The lowest BCUT2D eigenvalue weighted by Crippen LogP contribution is -2.11. The quantitative estimate of drug-likeness (QED) is 0.791. The molecule has 0 aliphatic rings. The van der Waals surface area contributed by atoms with Crippen LogP contribution in [0.2, 0.25) is 0 Å². The van der Waals surface area contributed by atoms with E-state index in [9.17, 15) is 4.79 Å². The van der Waals surface area contributed by atoms with Crippen molar-refractivity contribution in [3.63, 3.8) is 0 Å². The monoisotopic (exact) mass is 188 g/mol. The van der Waals surface area contributed by atoms with Gasteiger partial charge in [-0.2, -0.15) is 5.26 Å². The molecule has 0 atom stereocenters. The first-order valence-electron chi connectivity index (χ1n) is 4.57. The number of carbonyl (C=O) groups excluding carboxylic acids is 1. The molecule has 0 spiro atoms. The highest BCUT2D eigenvalue weighted by atomic mass is 16.1. The first-order chi connectivity index (χ1) is 6.77. The van der Waals surface area contributed by atoms with Gasteiger partial charge in [-0.3, -0.25) is 4.79 Å². The van der Waals surface area contributed by atoms with Gasteiger partial charge in [-0.15, -0.1) is 0 Å². The third kappa shape index (κ3) is 2.60. The fourth-order valence-electron chi connectivity index (χ4n) is 1.13. The first-order valence-corrected chi connectivity index (χ1v) is 4.57. The van der Waals surface area contributed by atoms with Gasteiger partial charge in [-0.05, 0) is 18.6 Å². The zero-order chi connectivity index (χ0) is 10.4. The molecular formula is C11H12N2O. The van der Waals surface area contributed by atoms with Gasteiger partial charge in [0, 0.05) is 6.42 Å². The Hall–Kier alpha value is -1.82. The number of hydrogen-bond donors (Lipinski definition) is 1. The fraction of sp³-hybridized carbons (Fsp3) is 0.273. The van der Waals surface area contributed by atoms with Crippen molar-refractivity contribution in [2.75, 3.05) is 5.32 Å². The predicted octanol–water partition coefficient (Wildman–Crippen LogP) is 2.30. The summed E-state index contributed by atoms with van der Waals surface area (Å²) in [5.74, 6) is -0.0461. The van der Waals surface area contributed by atoms with E-state index in [-0.39, 0.29) is 5.91 Å². The van der Waals surface area contributed by atoms with Crippen LogP contribution in [0.25, 0.3) is 0 Å². The standard InChI is InChI=1S/C11H12N2O/c1-2-5-11(14)13-10-7-4-3-6-9(10)8-12/h3-4,6-7H,2,5H2,1H3,(H,13,14). The number of nitrogens with zero attached hydrogens (tertiary/aromatic N) is 1. The van der Waals surface area contributed by atoms with Crippen molar-refractivity contribution in [2.24, 2.45) is 0 Å². The minimum atomic E-state index is -0.0461. The second kappa shape index (κ2) is 5.03. The van der Waals surface area contributed by atoms with E-state index in [4.69, 9.17) is 5.26 Å². The van der Waals surface area contributed by atoms with Crippen molar-refractivity contribution in [3.05, 3.63) is 29.8 Å². The number of rotatable bonds is 3. The highest BCUT2D eigenvalue weighted by Gasteiger charge is 2.04. The molecule has 0 heterocycles. The Kier molecular flexibility index (Phi) is 3.69. The lowest BCUT2D eigenvalue weighted by atomic mass is 10.2. The van der Waals surface area contributed by atoms with Crippen LogP contribution >= 0.6 is 0 Å². The summed E-state index contributed by atoms with van der Waals surface area (Å²) in [5.41, 5.74) is 1.09. The van der Waals surface area contributed by atoms with Crippen molar-refractivity contribution in [3.8, 4) is 6.07 Å². The van der Waals surface area contributed by atoms with Crippen molar-refractivity contribution >= 4 is 11.6 Å². The van der Waals surface area contributed by atoms with Crippen LogP contribution in [0.3, 0.4) is 0 Å². The second-order valence-corrected chi connectivity index (χ2v) is 2.96. The number of nitrogens with one attached hydrogen (secondary N) is 1. The van der Waals surface area contributed by atoms with E-state index < -0.39 is 0 Å². The number of carbonyl (C=O) groups is 1. The number of para-hydroxylation sites is 1. The molecule has 0 radical (unpaired) electrons. The van der Waals surface area contributed by atoms with Gasteiger partial charge in [0.25, 0.3) is 0 Å². The number of anilines is 1. The molecule has 0 saturated carbocycles. The summed E-state index contributed by atoms with van der Waals surface area (Å²) >= 11 is 0. The Bertz CT molecular complexity index is 366. The third-order valence-corrected chi connectivity index (χ3v) is 1.80. The van der Waals surface area contributed by atoms with Gasteiger partial charge < -0.3 is 5.32 Å². The molecule has 0 saturated heterocycles. The molecule has 1 aromatic carbocycles. The Morgan fingerprint density at radius 1 is 1.50 bits per heavy atom. The fourth-order valence-corrected chi connectivity index (χ4v) is 1.13. The van der Waals surface area contributed by atoms with Gasteiger partial charge >= 0.3 is 0 Å². The number of benzene rings is 1. The third-order valence-electron chi connectivity index (χ3n) is 1.80. The predicted molar refractivity (Wildman–Crippen MR) is 54.7 cm³/mol. The molecule has 0 fully saturated rings. The van der Waals surface area contributed by atoms with Crippen molar-refractivity contribution in [1.29, 1.82) is 5.26 Å². The van der Waals surface area contributed by atoms with E-state index in [1.807, 2.05) is 13.0 Å². The van der Waals surface area contributed by atoms with Crippen LogP contribution in [0.5, 0.6) is 0 Å². The van der Waals surface area contributed by atoms with Crippen LogP contribution in [-0.4, -0.2) is 5.91 Å². The highest BCUT2D eigenvalue weighted by molar-refractivity contribution is 5.91. The summed E-state index contributed by atoms with van der Waals surface area (Å²) in [6, 6.07) is 9.00. The van der Waals surface area contributed by atoms with Gasteiger partial charge in [0.2, 0.25) is 5.91 Å². The zero-order valence-corrected chi connectivity index (χ0v) is 8.08. The molecule has 3 heteroatoms.